The number of nitrogens with one attached hydrogen (secondary N) is 2. The lowest BCUT2D eigenvalue weighted by Gasteiger charge is -2.20. The molecular formula is C14H28N2O. The summed E-state index contributed by atoms with van der Waals surface area (Å²) in [7, 11) is 0. The quantitative estimate of drug-likeness (QED) is 0.684. The monoisotopic (exact) mass is 240 g/mol. The van der Waals surface area contributed by atoms with Crippen LogP contribution in [0, 0.1) is 5.41 Å². The van der Waals surface area contributed by atoms with Crippen molar-refractivity contribution >= 4 is 5.91 Å². The Bertz CT molecular complexity index is 249. The highest BCUT2D eigenvalue weighted by Crippen LogP contribution is 2.47. The lowest BCUT2D eigenvalue weighted by Crippen LogP contribution is -2.46. The average molecular weight is 240 g/mol. The molecule has 1 saturated carbocycles. The van der Waals surface area contributed by atoms with Crippen LogP contribution in [-0.4, -0.2) is 24.5 Å². The Hall–Kier alpha value is -0.570. The van der Waals surface area contributed by atoms with E-state index in [4.69, 9.17) is 0 Å². The van der Waals surface area contributed by atoms with E-state index in [0.717, 1.165) is 19.4 Å². The first-order valence-electron chi connectivity index (χ1n) is 7.07. The van der Waals surface area contributed by atoms with E-state index in [0.29, 0.717) is 5.41 Å². The normalized spacial score (nSPS) is 20.7. The number of hydrogen-bond donors (Lipinski definition) is 2. The minimum absolute atomic E-state index is 0.0710. The fourth-order valence-electron chi connectivity index (χ4n) is 2.17. The van der Waals surface area contributed by atoms with E-state index in [1.54, 1.807) is 0 Å². The number of amides is 1. The number of carbonyl (C=O) groups is 1. The predicted octanol–water partition coefficient (Wildman–Crippen LogP) is 2.46. The summed E-state index contributed by atoms with van der Waals surface area (Å²) in [5, 5.41) is 6.43. The molecule has 0 bridgehead atoms. The molecule has 1 amide bonds. The minimum atomic E-state index is -0.0710. The molecule has 2 atom stereocenters. The Morgan fingerprint density at radius 2 is 1.94 bits per heavy atom. The molecule has 3 heteroatoms. The molecule has 3 nitrogen and oxygen atoms in total. The van der Waals surface area contributed by atoms with Crippen molar-refractivity contribution in [2.24, 2.45) is 5.41 Å². The SMILES string of the molecule is CCCC(C)NC(=O)C(C)NCC1(CC)CC1. The van der Waals surface area contributed by atoms with Crippen LogP contribution >= 0.6 is 0 Å². The molecule has 100 valence electrons. The maximum absolute atomic E-state index is 11.9. The molecule has 2 N–H and O–H groups in total. The van der Waals surface area contributed by atoms with Gasteiger partial charge in [-0.2, -0.15) is 0 Å². The van der Waals surface area contributed by atoms with Crippen LogP contribution in [0.3, 0.4) is 0 Å². The Kier molecular flexibility index (Phi) is 5.44. The largest absolute Gasteiger partial charge is 0.352 e. The van der Waals surface area contributed by atoms with Gasteiger partial charge in [-0.25, -0.2) is 0 Å². The Balaban J connectivity index is 2.22. The number of rotatable bonds is 8. The summed E-state index contributed by atoms with van der Waals surface area (Å²) < 4.78 is 0. The third kappa shape index (κ3) is 4.66. The molecule has 0 heterocycles. The van der Waals surface area contributed by atoms with Crippen molar-refractivity contribution in [1.82, 2.24) is 10.6 Å². The van der Waals surface area contributed by atoms with Crippen molar-refractivity contribution in [2.75, 3.05) is 6.54 Å². The summed E-state index contributed by atoms with van der Waals surface area (Å²) in [6.45, 7) is 9.40. The zero-order valence-corrected chi connectivity index (χ0v) is 11.8. The van der Waals surface area contributed by atoms with Gasteiger partial charge in [-0.1, -0.05) is 20.3 Å². The maximum Gasteiger partial charge on any atom is 0.237 e. The minimum Gasteiger partial charge on any atom is -0.352 e. The van der Waals surface area contributed by atoms with Crippen molar-refractivity contribution in [3.63, 3.8) is 0 Å². The zero-order valence-electron chi connectivity index (χ0n) is 11.8. The van der Waals surface area contributed by atoms with Crippen LogP contribution in [-0.2, 0) is 4.79 Å². The Morgan fingerprint density at radius 1 is 1.29 bits per heavy atom. The lowest BCUT2D eigenvalue weighted by molar-refractivity contribution is -0.123. The van der Waals surface area contributed by atoms with Crippen LogP contribution in [0.4, 0.5) is 0 Å². The van der Waals surface area contributed by atoms with Gasteiger partial charge in [-0.3, -0.25) is 4.79 Å². The molecule has 0 spiro atoms. The summed E-state index contributed by atoms with van der Waals surface area (Å²) in [6.07, 6.45) is 6.02. The van der Waals surface area contributed by atoms with Gasteiger partial charge in [-0.05, 0) is 44.9 Å². The van der Waals surface area contributed by atoms with E-state index in [-0.39, 0.29) is 18.0 Å². The predicted molar refractivity (Wildman–Crippen MR) is 71.9 cm³/mol. The highest BCUT2D eigenvalue weighted by molar-refractivity contribution is 5.81. The number of carbonyl (C=O) groups excluding carboxylic acids is 1. The molecule has 17 heavy (non-hydrogen) atoms. The third-order valence-electron chi connectivity index (χ3n) is 3.99. The summed E-state index contributed by atoms with van der Waals surface area (Å²) in [5.74, 6) is 0.137. The fourth-order valence-corrected chi connectivity index (χ4v) is 2.17. The average Bonchev–Trinajstić information content (AvgIpc) is 3.06. The maximum atomic E-state index is 11.9. The lowest BCUT2D eigenvalue weighted by atomic mass is 10.0. The second-order valence-electron chi connectivity index (χ2n) is 5.65. The fraction of sp³-hybridized carbons (Fsp3) is 0.929. The van der Waals surface area contributed by atoms with Crippen molar-refractivity contribution in [3.8, 4) is 0 Å². The molecule has 0 aromatic heterocycles. The summed E-state index contributed by atoms with van der Waals surface area (Å²) in [4.78, 5) is 11.9. The van der Waals surface area contributed by atoms with E-state index < -0.39 is 0 Å². The molecule has 1 fully saturated rings. The molecule has 1 rings (SSSR count). The van der Waals surface area contributed by atoms with Gasteiger partial charge >= 0.3 is 0 Å². The second-order valence-corrected chi connectivity index (χ2v) is 5.65. The first-order valence-corrected chi connectivity index (χ1v) is 7.07. The highest BCUT2D eigenvalue weighted by Gasteiger charge is 2.40. The topological polar surface area (TPSA) is 41.1 Å². The molecule has 0 aromatic carbocycles. The van der Waals surface area contributed by atoms with Crippen molar-refractivity contribution in [2.45, 2.75) is 71.9 Å². The van der Waals surface area contributed by atoms with Crippen molar-refractivity contribution < 1.29 is 4.79 Å². The highest BCUT2D eigenvalue weighted by atomic mass is 16.2. The molecule has 2 unspecified atom stereocenters. The van der Waals surface area contributed by atoms with E-state index >= 15 is 0 Å². The molecular weight excluding hydrogens is 212 g/mol. The molecule has 1 aliphatic carbocycles. The first kappa shape index (κ1) is 14.5. The molecule has 0 aromatic rings. The molecule has 0 aliphatic heterocycles. The van der Waals surface area contributed by atoms with Gasteiger partial charge in [-0.15, -0.1) is 0 Å². The van der Waals surface area contributed by atoms with Crippen LogP contribution in [0.15, 0.2) is 0 Å². The van der Waals surface area contributed by atoms with E-state index in [1.165, 1.54) is 19.3 Å². The van der Waals surface area contributed by atoms with Crippen molar-refractivity contribution in [1.29, 1.82) is 0 Å². The van der Waals surface area contributed by atoms with Gasteiger partial charge in [0.25, 0.3) is 0 Å². The van der Waals surface area contributed by atoms with Crippen LogP contribution in [0.2, 0.25) is 0 Å². The second kappa shape index (κ2) is 6.39. The Morgan fingerprint density at radius 3 is 2.41 bits per heavy atom. The zero-order chi connectivity index (χ0) is 12.9. The van der Waals surface area contributed by atoms with Crippen LogP contribution in [0.25, 0.3) is 0 Å². The van der Waals surface area contributed by atoms with Gasteiger partial charge in [0, 0.05) is 12.6 Å². The van der Waals surface area contributed by atoms with Crippen LogP contribution in [0.1, 0.15) is 59.8 Å². The van der Waals surface area contributed by atoms with Gasteiger partial charge in [0.05, 0.1) is 6.04 Å². The molecule has 1 aliphatic rings. The van der Waals surface area contributed by atoms with E-state index in [2.05, 4.69) is 31.4 Å². The van der Waals surface area contributed by atoms with Gasteiger partial charge < -0.3 is 10.6 Å². The van der Waals surface area contributed by atoms with Crippen LogP contribution in [0.5, 0.6) is 0 Å². The third-order valence-corrected chi connectivity index (χ3v) is 3.99. The Labute approximate surface area is 106 Å². The summed E-state index contributed by atoms with van der Waals surface area (Å²) >= 11 is 0. The van der Waals surface area contributed by atoms with Crippen LogP contribution < -0.4 is 10.6 Å². The standard InChI is InChI=1S/C14H28N2O/c1-5-7-11(3)16-13(17)12(4)15-10-14(6-2)8-9-14/h11-12,15H,5-10H2,1-4H3,(H,16,17). The summed E-state index contributed by atoms with van der Waals surface area (Å²) in [6, 6.07) is 0.219. The van der Waals surface area contributed by atoms with Crippen molar-refractivity contribution in [3.05, 3.63) is 0 Å². The van der Waals surface area contributed by atoms with Gasteiger partial charge in [0.2, 0.25) is 5.91 Å². The molecule has 0 radical (unpaired) electrons. The number of hydrogen-bond acceptors (Lipinski definition) is 2. The van der Waals surface area contributed by atoms with E-state index in [9.17, 15) is 4.79 Å². The van der Waals surface area contributed by atoms with Gasteiger partial charge in [0.1, 0.15) is 0 Å². The summed E-state index contributed by atoms with van der Waals surface area (Å²) in [5.41, 5.74) is 0.504. The first-order chi connectivity index (χ1) is 8.03. The smallest absolute Gasteiger partial charge is 0.237 e. The molecule has 0 saturated heterocycles. The van der Waals surface area contributed by atoms with Gasteiger partial charge in [0.15, 0.2) is 0 Å². The van der Waals surface area contributed by atoms with E-state index in [1.807, 2.05) is 6.92 Å².